The van der Waals surface area contributed by atoms with Crippen LogP contribution in [-0.4, -0.2) is 18.2 Å². The average molecular weight is 259 g/mol. The van der Waals surface area contributed by atoms with E-state index >= 15 is 0 Å². The van der Waals surface area contributed by atoms with Crippen LogP contribution in [0.4, 0.5) is 5.69 Å². The number of nitrogens with zero attached hydrogens (tertiary/aromatic N) is 1. The smallest absolute Gasteiger partial charge is 0.0810 e. The highest BCUT2D eigenvalue weighted by Gasteiger charge is 2.23. The molecular weight excluding hydrogens is 234 g/mol. The first-order valence-corrected chi connectivity index (χ1v) is 7.86. The summed E-state index contributed by atoms with van der Waals surface area (Å²) in [6, 6.07) is 8.43. The van der Waals surface area contributed by atoms with Gasteiger partial charge in [-0.1, -0.05) is 37.5 Å². The van der Waals surface area contributed by atoms with Gasteiger partial charge in [-0.2, -0.15) is 0 Å². The van der Waals surface area contributed by atoms with Gasteiger partial charge in [0.15, 0.2) is 0 Å². The van der Waals surface area contributed by atoms with Gasteiger partial charge in [-0.25, -0.2) is 0 Å². The zero-order valence-electron chi connectivity index (χ0n) is 11.7. The van der Waals surface area contributed by atoms with E-state index in [9.17, 15) is 5.11 Å². The number of hydrogen-bond donors (Lipinski definition) is 1. The third-order valence-electron chi connectivity index (χ3n) is 4.75. The van der Waals surface area contributed by atoms with Crippen molar-refractivity contribution in [2.24, 2.45) is 5.92 Å². The molecule has 0 bridgehead atoms. The summed E-state index contributed by atoms with van der Waals surface area (Å²) in [6.07, 6.45) is 8.74. The molecule has 104 valence electrons. The Morgan fingerprint density at radius 1 is 1.00 bits per heavy atom. The van der Waals surface area contributed by atoms with Crippen LogP contribution in [0.5, 0.6) is 0 Å². The van der Waals surface area contributed by atoms with Crippen molar-refractivity contribution in [3.63, 3.8) is 0 Å². The number of fused-ring (bicyclic) bond motifs is 1. The minimum atomic E-state index is -0.271. The molecule has 0 aromatic heterocycles. The zero-order valence-corrected chi connectivity index (χ0v) is 11.7. The summed E-state index contributed by atoms with van der Waals surface area (Å²) >= 11 is 0. The van der Waals surface area contributed by atoms with Crippen LogP contribution < -0.4 is 4.90 Å². The molecule has 1 aliphatic heterocycles. The van der Waals surface area contributed by atoms with Crippen molar-refractivity contribution in [1.29, 1.82) is 0 Å². The van der Waals surface area contributed by atoms with Gasteiger partial charge < -0.3 is 10.0 Å². The molecule has 19 heavy (non-hydrogen) atoms. The van der Waals surface area contributed by atoms with E-state index < -0.39 is 0 Å². The van der Waals surface area contributed by atoms with Gasteiger partial charge >= 0.3 is 0 Å². The van der Waals surface area contributed by atoms with Crippen LogP contribution in [0.1, 0.15) is 56.6 Å². The van der Waals surface area contributed by atoms with Crippen molar-refractivity contribution in [2.75, 3.05) is 18.0 Å². The van der Waals surface area contributed by atoms with Crippen molar-refractivity contribution in [3.8, 4) is 0 Å². The molecule has 0 radical (unpaired) electrons. The molecule has 3 rings (SSSR count). The van der Waals surface area contributed by atoms with Gasteiger partial charge in [0, 0.05) is 24.3 Å². The molecule has 1 fully saturated rings. The van der Waals surface area contributed by atoms with Gasteiger partial charge in [-0.3, -0.25) is 0 Å². The summed E-state index contributed by atoms with van der Waals surface area (Å²) in [5.41, 5.74) is 2.41. The van der Waals surface area contributed by atoms with E-state index in [2.05, 4.69) is 23.1 Å². The van der Waals surface area contributed by atoms with E-state index in [-0.39, 0.29) is 6.10 Å². The van der Waals surface area contributed by atoms with E-state index in [1.165, 1.54) is 44.3 Å². The average Bonchev–Trinajstić information content (AvgIpc) is 2.61. The van der Waals surface area contributed by atoms with Crippen LogP contribution in [0.25, 0.3) is 0 Å². The minimum absolute atomic E-state index is 0.271. The Hall–Kier alpha value is -1.02. The zero-order chi connectivity index (χ0) is 13.1. The van der Waals surface area contributed by atoms with E-state index in [4.69, 9.17) is 0 Å². The largest absolute Gasteiger partial charge is 0.388 e. The highest BCUT2D eigenvalue weighted by molar-refractivity contribution is 5.55. The van der Waals surface area contributed by atoms with Gasteiger partial charge in [0.05, 0.1) is 6.10 Å². The third kappa shape index (κ3) is 2.94. The molecule has 1 atom stereocenters. The van der Waals surface area contributed by atoms with E-state index in [1.807, 2.05) is 6.07 Å². The predicted octanol–water partition coefficient (Wildman–Crippen LogP) is 3.90. The van der Waals surface area contributed by atoms with E-state index in [1.54, 1.807) is 0 Å². The Balaban J connectivity index is 1.78. The first kappa shape index (κ1) is 13.0. The molecule has 1 unspecified atom stereocenters. The highest BCUT2D eigenvalue weighted by Crippen LogP contribution is 2.34. The van der Waals surface area contributed by atoms with Gasteiger partial charge in [0.1, 0.15) is 0 Å². The Labute approximate surface area is 116 Å². The van der Waals surface area contributed by atoms with Crippen molar-refractivity contribution in [3.05, 3.63) is 29.8 Å². The van der Waals surface area contributed by atoms with E-state index in [0.717, 1.165) is 30.9 Å². The molecule has 1 aliphatic carbocycles. The SMILES string of the molecule is OC1CCCN(CC2CCCCC2)c2ccccc21. The van der Waals surface area contributed by atoms with Crippen molar-refractivity contribution in [2.45, 2.75) is 51.0 Å². The lowest BCUT2D eigenvalue weighted by molar-refractivity contribution is 0.168. The topological polar surface area (TPSA) is 23.5 Å². The quantitative estimate of drug-likeness (QED) is 0.870. The summed E-state index contributed by atoms with van der Waals surface area (Å²) < 4.78 is 0. The fraction of sp³-hybridized carbons (Fsp3) is 0.647. The normalized spacial score (nSPS) is 24.9. The number of aliphatic hydroxyl groups excluding tert-OH is 1. The molecule has 1 aromatic carbocycles. The Morgan fingerprint density at radius 2 is 1.79 bits per heavy atom. The van der Waals surface area contributed by atoms with Crippen LogP contribution in [0, 0.1) is 5.92 Å². The molecule has 2 aliphatic rings. The number of benzene rings is 1. The van der Waals surface area contributed by atoms with Gasteiger partial charge in [-0.05, 0) is 37.7 Å². The fourth-order valence-corrected chi connectivity index (χ4v) is 3.68. The summed E-state index contributed by atoms with van der Waals surface area (Å²) in [7, 11) is 0. The lowest BCUT2D eigenvalue weighted by Crippen LogP contribution is -2.31. The van der Waals surface area contributed by atoms with Crippen LogP contribution in [0.2, 0.25) is 0 Å². The van der Waals surface area contributed by atoms with Crippen molar-refractivity contribution in [1.82, 2.24) is 0 Å². The lowest BCUT2D eigenvalue weighted by atomic mass is 9.88. The maximum Gasteiger partial charge on any atom is 0.0810 e. The maximum atomic E-state index is 10.2. The van der Waals surface area contributed by atoms with E-state index in [0.29, 0.717) is 0 Å². The molecule has 0 saturated heterocycles. The van der Waals surface area contributed by atoms with Gasteiger partial charge in [-0.15, -0.1) is 0 Å². The Kier molecular flexibility index (Phi) is 4.07. The molecule has 1 heterocycles. The highest BCUT2D eigenvalue weighted by atomic mass is 16.3. The number of rotatable bonds is 2. The van der Waals surface area contributed by atoms with Crippen LogP contribution in [0.3, 0.4) is 0 Å². The first-order chi connectivity index (χ1) is 9.34. The van der Waals surface area contributed by atoms with Crippen LogP contribution in [0.15, 0.2) is 24.3 Å². The first-order valence-electron chi connectivity index (χ1n) is 7.86. The Morgan fingerprint density at radius 3 is 2.63 bits per heavy atom. The second kappa shape index (κ2) is 5.96. The summed E-state index contributed by atoms with van der Waals surface area (Å²) in [5.74, 6) is 0.858. The molecule has 1 N–H and O–H groups in total. The standard InChI is InChI=1S/C17H25NO/c19-17-11-6-12-18(13-14-7-2-1-3-8-14)16-10-5-4-9-15(16)17/h4-5,9-10,14,17,19H,1-3,6-8,11-13H2. The number of anilines is 1. The predicted molar refractivity (Wildman–Crippen MR) is 79.4 cm³/mol. The monoisotopic (exact) mass is 259 g/mol. The number of aliphatic hydroxyl groups is 1. The van der Waals surface area contributed by atoms with Crippen LogP contribution >= 0.6 is 0 Å². The lowest BCUT2D eigenvalue weighted by Gasteiger charge is -2.31. The molecule has 2 heteroatoms. The second-order valence-electron chi connectivity index (χ2n) is 6.17. The maximum absolute atomic E-state index is 10.2. The molecule has 0 spiro atoms. The summed E-state index contributed by atoms with van der Waals surface area (Å²) in [4.78, 5) is 2.53. The molecule has 2 nitrogen and oxygen atoms in total. The van der Waals surface area contributed by atoms with Gasteiger partial charge in [0.25, 0.3) is 0 Å². The van der Waals surface area contributed by atoms with Gasteiger partial charge in [0.2, 0.25) is 0 Å². The fourth-order valence-electron chi connectivity index (χ4n) is 3.68. The molecule has 1 aromatic rings. The van der Waals surface area contributed by atoms with Crippen molar-refractivity contribution < 1.29 is 5.11 Å². The molecule has 1 saturated carbocycles. The second-order valence-corrected chi connectivity index (χ2v) is 6.17. The molecular formula is C17H25NO. The third-order valence-corrected chi connectivity index (χ3v) is 4.75. The molecule has 0 amide bonds. The Bertz CT molecular complexity index is 411. The minimum Gasteiger partial charge on any atom is -0.388 e. The summed E-state index contributed by atoms with van der Waals surface area (Å²) in [5, 5.41) is 10.2. The number of hydrogen-bond acceptors (Lipinski definition) is 2. The summed E-state index contributed by atoms with van der Waals surface area (Å²) in [6.45, 7) is 2.29. The van der Waals surface area contributed by atoms with Crippen molar-refractivity contribution >= 4 is 5.69 Å². The number of para-hydroxylation sites is 1. The van der Waals surface area contributed by atoms with Crippen LogP contribution in [-0.2, 0) is 0 Å².